The Morgan fingerprint density at radius 2 is 1.93 bits per heavy atom. The van der Waals surface area contributed by atoms with Gasteiger partial charge < -0.3 is 25.2 Å². The molecule has 0 spiro atoms. The van der Waals surface area contributed by atoms with Crippen molar-refractivity contribution in [2.24, 2.45) is 10.4 Å². The molecule has 0 amide bonds. The number of nitrogens with one attached hydrogen (secondary N) is 2. The molecule has 1 aromatic carbocycles. The topological polar surface area (TPSA) is 78.4 Å². The van der Waals surface area contributed by atoms with E-state index in [0.717, 1.165) is 64.8 Å². The average Bonchev–Trinajstić information content (AvgIpc) is 3.23. The summed E-state index contributed by atoms with van der Waals surface area (Å²) in [5, 5.41) is 16.4. The van der Waals surface area contributed by atoms with Crippen LogP contribution in [0.25, 0.3) is 0 Å². The number of aliphatic hydroxyl groups excluding tert-OH is 1. The molecule has 7 heteroatoms. The predicted molar refractivity (Wildman–Crippen MR) is 120 cm³/mol. The molecule has 3 rings (SSSR count). The normalized spacial score (nSPS) is 24.0. The average molecular weight is 419 g/mol. The molecule has 2 unspecified atom stereocenters. The fraction of sp³-hybridized carbons (Fsp3) is 0.696. The van der Waals surface area contributed by atoms with Gasteiger partial charge in [0.2, 0.25) is 0 Å². The standard InChI is InChI=1S/C23H38N4O3/c1-3-24-22(26-17-23(8-12-28)9-13-30-18-23)25-16-21(27-10-14-29-15-11-27)20-6-4-19(2)5-7-20/h4-7,21,28H,3,8-18H2,1-2H3,(H2,24,25,26). The van der Waals surface area contributed by atoms with Crippen LogP contribution in [0.15, 0.2) is 29.3 Å². The number of hydrogen-bond acceptors (Lipinski definition) is 5. The first-order valence-corrected chi connectivity index (χ1v) is 11.2. The molecule has 0 saturated carbocycles. The minimum absolute atomic E-state index is 0.0440. The summed E-state index contributed by atoms with van der Waals surface area (Å²) in [5.74, 6) is 0.826. The first-order chi connectivity index (χ1) is 14.7. The van der Waals surface area contributed by atoms with Crippen LogP contribution in [0.1, 0.15) is 36.9 Å². The maximum absolute atomic E-state index is 9.48. The van der Waals surface area contributed by atoms with Gasteiger partial charge in [-0.05, 0) is 32.3 Å². The summed E-state index contributed by atoms with van der Waals surface area (Å²) in [4.78, 5) is 7.36. The van der Waals surface area contributed by atoms with E-state index in [-0.39, 0.29) is 18.1 Å². The van der Waals surface area contributed by atoms with Crippen LogP contribution in [0.3, 0.4) is 0 Å². The van der Waals surface area contributed by atoms with Crippen molar-refractivity contribution in [1.29, 1.82) is 0 Å². The zero-order chi connectivity index (χ0) is 21.2. The van der Waals surface area contributed by atoms with Crippen molar-refractivity contribution in [1.82, 2.24) is 15.5 Å². The molecule has 30 heavy (non-hydrogen) atoms. The van der Waals surface area contributed by atoms with Crippen LogP contribution in [-0.2, 0) is 9.47 Å². The van der Waals surface area contributed by atoms with Crippen molar-refractivity contribution in [3.8, 4) is 0 Å². The maximum Gasteiger partial charge on any atom is 0.191 e. The monoisotopic (exact) mass is 418 g/mol. The van der Waals surface area contributed by atoms with Gasteiger partial charge in [0.05, 0.1) is 32.4 Å². The third kappa shape index (κ3) is 6.41. The van der Waals surface area contributed by atoms with Crippen LogP contribution < -0.4 is 10.6 Å². The predicted octanol–water partition coefficient (Wildman–Crippen LogP) is 1.71. The van der Waals surface area contributed by atoms with E-state index in [1.807, 2.05) is 0 Å². The van der Waals surface area contributed by atoms with Crippen LogP contribution in [0.2, 0.25) is 0 Å². The summed E-state index contributed by atoms with van der Waals surface area (Å²) in [5.41, 5.74) is 2.54. The molecule has 0 radical (unpaired) electrons. The Morgan fingerprint density at radius 3 is 2.57 bits per heavy atom. The number of morpholine rings is 1. The van der Waals surface area contributed by atoms with Gasteiger partial charge in [0, 0.05) is 44.8 Å². The Labute approximate surface area is 180 Å². The van der Waals surface area contributed by atoms with Crippen LogP contribution in [0, 0.1) is 12.3 Å². The van der Waals surface area contributed by atoms with Crippen LogP contribution in [0.4, 0.5) is 0 Å². The number of guanidine groups is 1. The van der Waals surface area contributed by atoms with Crippen LogP contribution in [0.5, 0.6) is 0 Å². The zero-order valence-electron chi connectivity index (χ0n) is 18.5. The summed E-state index contributed by atoms with van der Waals surface area (Å²) in [6.45, 7) is 11.5. The van der Waals surface area contributed by atoms with E-state index in [1.165, 1.54) is 11.1 Å². The van der Waals surface area contributed by atoms with Gasteiger partial charge in [-0.25, -0.2) is 0 Å². The summed E-state index contributed by atoms with van der Waals surface area (Å²) < 4.78 is 11.2. The fourth-order valence-electron chi connectivity index (χ4n) is 4.20. The largest absolute Gasteiger partial charge is 0.396 e. The molecule has 7 nitrogen and oxygen atoms in total. The number of aryl methyl sites for hydroxylation is 1. The highest BCUT2D eigenvalue weighted by molar-refractivity contribution is 5.79. The first-order valence-electron chi connectivity index (χ1n) is 11.2. The van der Waals surface area contributed by atoms with Gasteiger partial charge in [0.25, 0.3) is 0 Å². The first kappa shape index (κ1) is 23.0. The Morgan fingerprint density at radius 1 is 1.17 bits per heavy atom. The number of aliphatic imine (C=N–C) groups is 1. The molecule has 0 bridgehead atoms. The third-order valence-electron chi connectivity index (χ3n) is 6.16. The fourth-order valence-corrected chi connectivity index (χ4v) is 4.20. The van der Waals surface area contributed by atoms with Crippen molar-refractivity contribution < 1.29 is 14.6 Å². The lowest BCUT2D eigenvalue weighted by atomic mass is 9.84. The molecule has 168 valence electrons. The Bertz CT molecular complexity index is 653. The highest BCUT2D eigenvalue weighted by Crippen LogP contribution is 2.32. The summed E-state index contributed by atoms with van der Waals surface area (Å²) >= 11 is 0. The van der Waals surface area contributed by atoms with Gasteiger partial charge in [-0.2, -0.15) is 0 Å². The Hall–Kier alpha value is -1.67. The summed E-state index contributed by atoms with van der Waals surface area (Å²) in [6.07, 6.45) is 1.69. The van der Waals surface area contributed by atoms with Gasteiger partial charge in [-0.3, -0.25) is 9.89 Å². The van der Waals surface area contributed by atoms with E-state index in [4.69, 9.17) is 14.5 Å². The van der Waals surface area contributed by atoms with Crippen molar-refractivity contribution in [2.45, 2.75) is 32.7 Å². The van der Waals surface area contributed by atoms with Crippen molar-refractivity contribution in [3.05, 3.63) is 35.4 Å². The summed E-state index contributed by atoms with van der Waals surface area (Å²) in [7, 11) is 0. The van der Waals surface area contributed by atoms with Crippen molar-refractivity contribution in [2.75, 3.05) is 65.8 Å². The quantitative estimate of drug-likeness (QED) is 0.419. The van der Waals surface area contributed by atoms with Crippen LogP contribution >= 0.6 is 0 Å². The molecule has 2 aliphatic heterocycles. The van der Waals surface area contributed by atoms with E-state index < -0.39 is 0 Å². The molecule has 2 heterocycles. The van der Waals surface area contributed by atoms with E-state index in [1.54, 1.807) is 0 Å². The minimum Gasteiger partial charge on any atom is -0.396 e. The second kappa shape index (κ2) is 11.6. The highest BCUT2D eigenvalue weighted by atomic mass is 16.5. The van der Waals surface area contributed by atoms with Gasteiger partial charge in [-0.1, -0.05) is 29.8 Å². The van der Waals surface area contributed by atoms with Crippen molar-refractivity contribution in [3.63, 3.8) is 0 Å². The SMILES string of the molecule is CCNC(=NCC1(CCO)CCOC1)NCC(c1ccc(C)cc1)N1CCOCC1. The molecule has 1 aromatic rings. The Balaban J connectivity index is 1.69. The number of rotatable bonds is 9. The molecular weight excluding hydrogens is 380 g/mol. The minimum atomic E-state index is -0.0440. The van der Waals surface area contributed by atoms with Gasteiger partial charge >= 0.3 is 0 Å². The van der Waals surface area contributed by atoms with E-state index in [2.05, 4.69) is 53.6 Å². The summed E-state index contributed by atoms with van der Waals surface area (Å²) in [6, 6.07) is 9.09. The molecule has 2 atom stereocenters. The molecule has 2 aliphatic rings. The second-order valence-electron chi connectivity index (χ2n) is 8.43. The Kier molecular flexibility index (Phi) is 8.93. The molecule has 0 aromatic heterocycles. The number of ether oxygens (including phenoxy) is 2. The molecule has 3 N–H and O–H groups in total. The molecule has 2 fully saturated rings. The maximum atomic E-state index is 9.48. The lowest BCUT2D eigenvalue weighted by Crippen LogP contribution is -2.46. The van der Waals surface area contributed by atoms with E-state index >= 15 is 0 Å². The van der Waals surface area contributed by atoms with E-state index in [9.17, 15) is 5.11 Å². The highest BCUT2D eigenvalue weighted by Gasteiger charge is 2.34. The lowest BCUT2D eigenvalue weighted by molar-refractivity contribution is 0.0170. The zero-order valence-corrected chi connectivity index (χ0v) is 18.5. The van der Waals surface area contributed by atoms with Crippen molar-refractivity contribution >= 4 is 5.96 Å². The number of benzene rings is 1. The third-order valence-corrected chi connectivity index (χ3v) is 6.16. The number of hydrogen-bond donors (Lipinski definition) is 3. The molecular formula is C23H38N4O3. The number of aliphatic hydroxyl groups is 1. The van der Waals surface area contributed by atoms with Gasteiger partial charge in [-0.15, -0.1) is 0 Å². The molecule has 2 saturated heterocycles. The second-order valence-corrected chi connectivity index (χ2v) is 8.43. The lowest BCUT2D eigenvalue weighted by Gasteiger charge is -2.35. The number of nitrogens with zero attached hydrogens (tertiary/aromatic N) is 2. The smallest absolute Gasteiger partial charge is 0.191 e. The van der Waals surface area contributed by atoms with E-state index in [0.29, 0.717) is 13.2 Å². The van der Waals surface area contributed by atoms with Gasteiger partial charge in [0.15, 0.2) is 5.96 Å². The molecule has 0 aliphatic carbocycles. The van der Waals surface area contributed by atoms with Crippen LogP contribution in [-0.4, -0.2) is 81.7 Å². The van der Waals surface area contributed by atoms with Gasteiger partial charge in [0.1, 0.15) is 0 Å².